The summed E-state index contributed by atoms with van der Waals surface area (Å²) in [5.74, 6) is -0.768. The number of hydrogen-bond acceptors (Lipinski definition) is 4. The quantitative estimate of drug-likeness (QED) is 0.695. The average molecular weight is 383 g/mol. The van der Waals surface area contributed by atoms with Gasteiger partial charge < -0.3 is 15.3 Å². The molecular formula is C22H26N2O2S. The number of aliphatic carboxylic acids is 1. The van der Waals surface area contributed by atoms with E-state index in [0.717, 1.165) is 45.2 Å². The highest BCUT2D eigenvalue weighted by Gasteiger charge is 2.26. The smallest absolute Gasteiger partial charge is 0.306 e. The summed E-state index contributed by atoms with van der Waals surface area (Å²) < 4.78 is 0. The van der Waals surface area contributed by atoms with Crippen LogP contribution >= 0.6 is 11.8 Å². The van der Waals surface area contributed by atoms with Crippen LogP contribution in [0.4, 0.5) is 11.4 Å². The Balaban J connectivity index is 1.33. The van der Waals surface area contributed by atoms with Gasteiger partial charge in [0.15, 0.2) is 0 Å². The summed E-state index contributed by atoms with van der Waals surface area (Å²) in [5.41, 5.74) is 2.59. The first kappa shape index (κ1) is 18.4. The standard InChI is InChI=1S/C22H26N2O2S/c25-22(26)16-10-12-17(13-11-16)23-14-5-15-24-18-6-1-3-8-20(18)27-21-9-4-2-7-19(21)24/h1-4,6-9,16-17,23H,5,10-15H2,(H,25,26). The van der Waals surface area contributed by atoms with E-state index in [0.29, 0.717) is 6.04 Å². The molecule has 2 N–H and O–H groups in total. The van der Waals surface area contributed by atoms with Crippen molar-refractivity contribution in [1.29, 1.82) is 0 Å². The molecular weight excluding hydrogens is 356 g/mol. The Labute approximate surface area is 165 Å². The molecule has 1 aliphatic heterocycles. The Hall–Kier alpha value is -1.98. The molecule has 4 nitrogen and oxygen atoms in total. The van der Waals surface area contributed by atoms with E-state index in [1.165, 1.54) is 21.2 Å². The number of benzene rings is 2. The molecule has 2 aromatic rings. The Bertz CT molecular complexity index is 757. The molecule has 0 bridgehead atoms. The highest BCUT2D eigenvalue weighted by Crippen LogP contribution is 2.47. The van der Waals surface area contributed by atoms with Crippen LogP contribution in [0, 0.1) is 5.92 Å². The van der Waals surface area contributed by atoms with E-state index in [1.807, 2.05) is 11.8 Å². The van der Waals surface area contributed by atoms with E-state index in [1.54, 1.807) is 0 Å². The molecule has 1 saturated carbocycles. The molecule has 4 rings (SSSR count). The normalized spacial score (nSPS) is 21.4. The summed E-state index contributed by atoms with van der Waals surface area (Å²) in [6.07, 6.45) is 4.62. The third-order valence-corrected chi connectivity index (χ3v) is 6.73. The topological polar surface area (TPSA) is 52.6 Å². The molecule has 1 fully saturated rings. The van der Waals surface area contributed by atoms with Crippen molar-refractivity contribution in [3.8, 4) is 0 Å². The molecule has 1 aliphatic carbocycles. The van der Waals surface area contributed by atoms with Crippen molar-refractivity contribution < 1.29 is 9.90 Å². The zero-order chi connectivity index (χ0) is 18.6. The fraction of sp³-hybridized carbons (Fsp3) is 0.409. The summed E-state index contributed by atoms with van der Waals surface area (Å²) in [5, 5.41) is 12.8. The van der Waals surface area contributed by atoms with Gasteiger partial charge in [0.25, 0.3) is 0 Å². The van der Waals surface area contributed by atoms with Crippen molar-refractivity contribution in [3.05, 3.63) is 48.5 Å². The van der Waals surface area contributed by atoms with Gasteiger partial charge in [-0.3, -0.25) is 4.79 Å². The molecule has 0 aromatic heterocycles. The van der Waals surface area contributed by atoms with E-state index >= 15 is 0 Å². The lowest BCUT2D eigenvalue weighted by atomic mass is 9.86. The van der Waals surface area contributed by atoms with E-state index in [4.69, 9.17) is 5.11 Å². The van der Waals surface area contributed by atoms with Crippen LogP contribution in [0.1, 0.15) is 32.1 Å². The van der Waals surface area contributed by atoms with Crippen molar-refractivity contribution in [1.82, 2.24) is 5.32 Å². The van der Waals surface area contributed by atoms with Crippen LogP contribution in [0.2, 0.25) is 0 Å². The van der Waals surface area contributed by atoms with Gasteiger partial charge in [0.2, 0.25) is 0 Å². The number of fused-ring (bicyclic) bond motifs is 2. The fourth-order valence-electron chi connectivity index (χ4n) is 4.11. The van der Waals surface area contributed by atoms with E-state index < -0.39 is 5.97 Å². The minimum Gasteiger partial charge on any atom is -0.481 e. The van der Waals surface area contributed by atoms with E-state index in [-0.39, 0.29) is 5.92 Å². The van der Waals surface area contributed by atoms with Gasteiger partial charge in [-0.05, 0) is 62.9 Å². The Morgan fingerprint density at radius 2 is 1.59 bits per heavy atom. The number of carboxylic acids is 1. The summed E-state index contributed by atoms with van der Waals surface area (Å²) in [6, 6.07) is 17.7. The molecule has 0 amide bonds. The second-order valence-electron chi connectivity index (χ2n) is 7.38. The number of rotatable bonds is 6. The Kier molecular flexibility index (Phi) is 5.69. The number of para-hydroxylation sites is 2. The van der Waals surface area contributed by atoms with E-state index in [9.17, 15) is 4.79 Å². The average Bonchev–Trinajstić information content (AvgIpc) is 2.70. The monoisotopic (exact) mass is 382 g/mol. The van der Waals surface area contributed by atoms with Gasteiger partial charge in [0.05, 0.1) is 17.3 Å². The van der Waals surface area contributed by atoms with Gasteiger partial charge in [-0.15, -0.1) is 0 Å². The van der Waals surface area contributed by atoms with Gasteiger partial charge in [-0.25, -0.2) is 0 Å². The van der Waals surface area contributed by atoms with Gasteiger partial charge in [0, 0.05) is 22.4 Å². The zero-order valence-corrected chi connectivity index (χ0v) is 16.3. The zero-order valence-electron chi connectivity index (χ0n) is 15.4. The summed E-state index contributed by atoms with van der Waals surface area (Å²) >= 11 is 1.85. The molecule has 2 aromatic carbocycles. The van der Waals surface area contributed by atoms with E-state index in [2.05, 4.69) is 58.7 Å². The minimum absolute atomic E-state index is 0.137. The van der Waals surface area contributed by atoms with Gasteiger partial charge in [-0.2, -0.15) is 0 Å². The van der Waals surface area contributed by atoms with Crippen molar-refractivity contribution >= 4 is 29.1 Å². The molecule has 0 radical (unpaired) electrons. The summed E-state index contributed by atoms with van der Waals surface area (Å²) in [6.45, 7) is 1.95. The molecule has 0 spiro atoms. The number of anilines is 2. The minimum atomic E-state index is -0.631. The lowest BCUT2D eigenvalue weighted by Gasteiger charge is -2.33. The molecule has 142 valence electrons. The van der Waals surface area contributed by atoms with Crippen molar-refractivity contribution in [2.75, 3.05) is 18.0 Å². The summed E-state index contributed by atoms with van der Waals surface area (Å²) in [4.78, 5) is 16.1. The third kappa shape index (κ3) is 4.14. The van der Waals surface area contributed by atoms with Crippen molar-refractivity contribution in [2.24, 2.45) is 5.92 Å². The first-order valence-corrected chi connectivity index (χ1v) is 10.6. The first-order chi connectivity index (χ1) is 13.2. The number of nitrogens with one attached hydrogen (secondary N) is 1. The van der Waals surface area contributed by atoms with Crippen LogP contribution in [0.3, 0.4) is 0 Å². The number of nitrogens with zero attached hydrogens (tertiary/aromatic N) is 1. The second kappa shape index (κ2) is 8.36. The van der Waals surface area contributed by atoms with Crippen LogP contribution in [0.15, 0.2) is 58.3 Å². The van der Waals surface area contributed by atoms with Crippen LogP contribution in [0.25, 0.3) is 0 Å². The molecule has 0 unspecified atom stereocenters. The molecule has 0 atom stereocenters. The van der Waals surface area contributed by atoms with Gasteiger partial charge in [-0.1, -0.05) is 36.0 Å². The first-order valence-electron chi connectivity index (χ1n) is 9.82. The Morgan fingerprint density at radius 1 is 1.00 bits per heavy atom. The number of carboxylic acid groups (broad SMARTS) is 1. The van der Waals surface area contributed by atoms with Crippen LogP contribution in [0.5, 0.6) is 0 Å². The highest BCUT2D eigenvalue weighted by molar-refractivity contribution is 7.99. The lowest BCUT2D eigenvalue weighted by Crippen LogP contribution is -2.36. The van der Waals surface area contributed by atoms with Crippen LogP contribution < -0.4 is 10.2 Å². The molecule has 27 heavy (non-hydrogen) atoms. The largest absolute Gasteiger partial charge is 0.481 e. The predicted octanol–water partition coefficient (Wildman–Crippen LogP) is 4.91. The molecule has 2 aliphatic rings. The fourth-order valence-corrected chi connectivity index (χ4v) is 5.21. The molecule has 0 saturated heterocycles. The predicted molar refractivity (Wildman–Crippen MR) is 110 cm³/mol. The highest BCUT2D eigenvalue weighted by atomic mass is 32.2. The van der Waals surface area contributed by atoms with Gasteiger partial charge >= 0.3 is 5.97 Å². The maximum absolute atomic E-state index is 11.1. The molecule has 5 heteroatoms. The second-order valence-corrected chi connectivity index (χ2v) is 8.47. The van der Waals surface area contributed by atoms with Crippen LogP contribution in [-0.2, 0) is 4.79 Å². The SMILES string of the molecule is O=C(O)C1CCC(NCCCN2c3ccccc3Sc3ccccc32)CC1. The summed E-state index contributed by atoms with van der Waals surface area (Å²) in [7, 11) is 0. The maximum atomic E-state index is 11.1. The van der Waals surface area contributed by atoms with Crippen molar-refractivity contribution in [2.45, 2.75) is 47.9 Å². The number of hydrogen-bond donors (Lipinski definition) is 2. The maximum Gasteiger partial charge on any atom is 0.306 e. The lowest BCUT2D eigenvalue weighted by molar-refractivity contribution is -0.142. The van der Waals surface area contributed by atoms with Crippen molar-refractivity contribution in [3.63, 3.8) is 0 Å². The van der Waals surface area contributed by atoms with Crippen LogP contribution in [-0.4, -0.2) is 30.2 Å². The Morgan fingerprint density at radius 3 is 2.19 bits per heavy atom. The molecule has 1 heterocycles. The number of carbonyl (C=O) groups is 1. The van der Waals surface area contributed by atoms with Gasteiger partial charge in [0.1, 0.15) is 0 Å². The third-order valence-electron chi connectivity index (χ3n) is 5.60.